The number of unbranched alkanes of at least 4 members (excludes halogenated alkanes) is 9. The highest BCUT2D eigenvalue weighted by Crippen LogP contribution is 2.13. The van der Waals surface area contributed by atoms with Gasteiger partial charge >= 0.3 is 5.97 Å². The molecule has 2 N–H and O–H groups in total. The van der Waals surface area contributed by atoms with Crippen molar-refractivity contribution in [3.05, 3.63) is 12.2 Å². The van der Waals surface area contributed by atoms with Crippen LogP contribution in [0, 0.1) is 0 Å². The third-order valence-corrected chi connectivity index (χ3v) is 3.84. The second-order valence-corrected chi connectivity index (χ2v) is 5.98. The third kappa shape index (κ3) is 15.5. The van der Waals surface area contributed by atoms with Crippen LogP contribution in [-0.4, -0.2) is 22.4 Å². The molecule has 0 aromatic carbocycles. The molecule has 0 heterocycles. The molecular weight excluding hydrogens is 280 g/mol. The number of carboxylic acids is 1. The normalized spacial score (nSPS) is 12.8. The van der Waals surface area contributed by atoms with Gasteiger partial charge in [-0.3, -0.25) is 10.1 Å². The van der Waals surface area contributed by atoms with Crippen LogP contribution in [0.1, 0.15) is 90.4 Å². The molecule has 0 fully saturated rings. The molecule has 1 atom stereocenters. The summed E-state index contributed by atoms with van der Waals surface area (Å²) in [5, 5.41) is 17.4. The summed E-state index contributed by atoms with van der Waals surface area (Å²) in [6.07, 6.45) is 17.3. The molecule has 4 nitrogen and oxygen atoms in total. The molecule has 0 amide bonds. The lowest BCUT2D eigenvalue weighted by Gasteiger charge is -2.08. The highest BCUT2D eigenvalue weighted by molar-refractivity contribution is 5.66. The van der Waals surface area contributed by atoms with Gasteiger partial charge in [0.25, 0.3) is 0 Å². The molecule has 0 rings (SSSR count). The fourth-order valence-electron chi connectivity index (χ4n) is 2.46. The number of carbonyl (C=O) groups is 1. The Hall–Kier alpha value is -0.870. The Morgan fingerprint density at radius 1 is 1.00 bits per heavy atom. The van der Waals surface area contributed by atoms with Crippen molar-refractivity contribution in [2.75, 3.05) is 0 Å². The smallest absolute Gasteiger partial charge is 0.303 e. The Labute approximate surface area is 135 Å². The van der Waals surface area contributed by atoms with E-state index in [9.17, 15) is 4.79 Å². The second kappa shape index (κ2) is 16.5. The summed E-state index contributed by atoms with van der Waals surface area (Å²) < 4.78 is 0. The van der Waals surface area contributed by atoms with E-state index in [1.807, 2.05) is 12.2 Å². The van der Waals surface area contributed by atoms with E-state index in [2.05, 4.69) is 11.8 Å². The molecule has 1 unspecified atom stereocenters. The lowest BCUT2D eigenvalue weighted by atomic mass is 10.0. The van der Waals surface area contributed by atoms with Gasteiger partial charge in [-0.15, -0.1) is 0 Å². The van der Waals surface area contributed by atoms with E-state index in [-0.39, 0.29) is 12.5 Å². The van der Waals surface area contributed by atoms with Gasteiger partial charge < -0.3 is 5.11 Å². The van der Waals surface area contributed by atoms with Crippen LogP contribution in [0.25, 0.3) is 0 Å². The summed E-state index contributed by atoms with van der Waals surface area (Å²) in [5.41, 5.74) is 0. The summed E-state index contributed by atoms with van der Waals surface area (Å²) in [5.74, 6) is -0.766. The molecule has 0 aliphatic heterocycles. The van der Waals surface area contributed by atoms with E-state index >= 15 is 0 Å². The number of allylic oxidation sites excluding steroid dienone is 1. The van der Waals surface area contributed by atoms with Crippen molar-refractivity contribution < 1.29 is 20.0 Å². The second-order valence-electron chi connectivity index (χ2n) is 5.98. The zero-order chi connectivity index (χ0) is 16.5. The van der Waals surface area contributed by atoms with Gasteiger partial charge in [-0.05, 0) is 19.3 Å². The predicted octanol–water partition coefficient (Wildman–Crippen LogP) is 5.58. The maximum Gasteiger partial charge on any atom is 0.303 e. The molecule has 0 aliphatic carbocycles. The monoisotopic (exact) mass is 314 g/mol. The molecule has 130 valence electrons. The summed E-state index contributed by atoms with van der Waals surface area (Å²) in [4.78, 5) is 14.8. The highest BCUT2D eigenvalue weighted by atomic mass is 17.1. The Morgan fingerprint density at radius 3 is 2.14 bits per heavy atom. The Morgan fingerprint density at radius 2 is 1.59 bits per heavy atom. The first kappa shape index (κ1) is 21.1. The molecule has 4 heteroatoms. The van der Waals surface area contributed by atoms with Gasteiger partial charge in [0.15, 0.2) is 0 Å². The Bertz CT molecular complexity index is 276. The molecule has 22 heavy (non-hydrogen) atoms. The fourth-order valence-corrected chi connectivity index (χ4v) is 2.46. The van der Waals surface area contributed by atoms with Gasteiger partial charge in [0.1, 0.15) is 6.10 Å². The van der Waals surface area contributed by atoms with Crippen LogP contribution in [0.4, 0.5) is 0 Å². The van der Waals surface area contributed by atoms with Crippen LogP contribution in [0.3, 0.4) is 0 Å². The summed E-state index contributed by atoms with van der Waals surface area (Å²) >= 11 is 0. The van der Waals surface area contributed by atoms with Gasteiger partial charge in [-0.1, -0.05) is 76.9 Å². The minimum Gasteiger partial charge on any atom is -0.481 e. The lowest BCUT2D eigenvalue weighted by molar-refractivity contribution is -0.267. The van der Waals surface area contributed by atoms with E-state index in [1.54, 1.807) is 0 Å². The van der Waals surface area contributed by atoms with E-state index in [4.69, 9.17) is 10.4 Å². The number of aliphatic carboxylic acids is 1. The average molecular weight is 314 g/mol. The van der Waals surface area contributed by atoms with Crippen molar-refractivity contribution in [2.24, 2.45) is 0 Å². The Balaban J connectivity index is 3.45. The van der Waals surface area contributed by atoms with Crippen molar-refractivity contribution in [1.29, 1.82) is 0 Å². The van der Waals surface area contributed by atoms with Crippen LogP contribution in [-0.2, 0) is 9.68 Å². The zero-order valence-electron chi connectivity index (χ0n) is 14.1. The van der Waals surface area contributed by atoms with Gasteiger partial charge in [-0.25, -0.2) is 4.89 Å². The maximum atomic E-state index is 10.4. The molecule has 0 radical (unpaired) electrons. The van der Waals surface area contributed by atoms with Crippen LogP contribution in [0.5, 0.6) is 0 Å². The van der Waals surface area contributed by atoms with Crippen LogP contribution < -0.4 is 0 Å². The largest absolute Gasteiger partial charge is 0.481 e. The topological polar surface area (TPSA) is 66.8 Å². The van der Waals surface area contributed by atoms with Crippen molar-refractivity contribution >= 4 is 5.97 Å². The van der Waals surface area contributed by atoms with Gasteiger partial charge in [0.2, 0.25) is 0 Å². The van der Waals surface area contributed by atoms with Crippen molar-refractivity contribution in [3.8, 4) is 0 Å². The molecular formula is C18H34O4. The standard InChI is InChI=1S/C18H34O4/c1-2-3-4-5-6-7-8-9-11-14-17(22-21)15-12-10-13-16-18(19)20/h12,15,17,21H,2-11,13-14,16H2,1H3,(H,19,20)/b15-12+. The van der Waals surface area contributed by atoms with E-state index in [1.165, 1.54) is 51.4 Å². The zero-order valence-corrected chi connectivity index (χ0v) is 14.1. The van der Waals surface area contributed by atoms with Gasteiger partial charge in [0.05, 0.1) is 0 Å². The number of carboxylic acid groups (broad SMARTS) is 1. The van der Waals surface area contributed by atoms with Crippen LogP contribution in [0.15, 0.2) is 12.2 Å². The lowest BCUT2D eigenvalue weighted by Crippen LogP contribution is -2.06. The number of hydrogen-bond donors (Lipinski definition) is 2. The van der Waals surface area contributed by atoms with Crippen LogP contribution >= 0.6 is 0 Å². The molecule has 0 saturated heterocycles. The van der Waals surface area contributed by atoms with Crippen molar-refractivity contribution in [1.82, 2.24) is 0 Å². The first-order chi connectivity index (χ1) is 10.7. The highest BCUT2D eigenvalue weighted by Gasteiger charge is 2.04. The van der Waals surface area contributed by atoms with E-state index in [0.29, 0.717) is 12.8 Å². The Kier molecular flexibility index (Phi) is 15.8. The molecule has 0 bridgehead atoms. The third-order valence-electron chi connectivity index (χ3n) is 3.84. The first-order valence-electron chi connectivity index (χ1n) is 8.89. The number of hydrogen-bond acceptors (Lipinski definition) is 3. The minimum atomic E-state index is -0.766. The summed E-state index contributed by atoms with van der Waals surface area (Å²) in [6.45, 7) is 2.24. The SMILES string of the molecule is CCCCCCCCCCCC(/C=C/CCCC(=O)O)OO. The van der Waals surface area contributed by atoms with Crippen molar-refractivity contribution in [2.45, 2.75) is 96.5 Å². The van der Waals surface area contributed by atoms with Gasteiger partial charge in [0, 0.05) is 6.42 Å². The molecule has 0 saturated carbocycles. The van der Waals surface area contributed by atoms with Crippen molar-refractivity contribution in [3.63, 3.8) is 0 Å². The van der Waals surface area contributed by atoms with Crippen LogP contribution in [0.2, 0.25) is 0 Å². The molecule has 0 aromatic rings. The minimum absolute atomic E-state index is 0.188. The molecule has 0 spiro atoms. The molecule has 0 aliphatic rings. The fraction of sp³-hybridized carbons (Fsp3) is 0.833. The maximum absolute atomic E-state index is 10.4. The predicted molar refractivity (Wildman–Crippen MR) is 90.0 cm³/mol. The van der Waals surface area contributed by atoms with E-state index < -0.39 is 5.97 Å². The summed E-state index contributed by atoms with van der Waals surface area (Å²) in [7, 11) is 0. The van der Waals surface area contributed by atoms with Gasteiger partial charge in [-0.2, -0.15) is 0 Å². The quantitative estimate of drug-likeness (QED) is 0.169. The first-order valence-corrected chi connectivity index (χ1v) is 8.89. The van der Waals surface area contributed by atoms with E-state index in [0.717, 1.165) is 12.8 Å². The molecule has 0 aromatic heterocycles. The average Bonchev–Trinajstić information content (AvgIpc) is 2.50. The summed E-state index contributed by atoms with van der Waals surface area (Å²) in [6, 6.07) is 0. The number of rotatable bonds is 16.